The monoisotopic (exact) mass is 961 g/mol. The maximum Gasteiger partial charge on any atom is 0.416 e. The van der Waals surface area contributed by atoms with Crippen molar-refractivity contribution in [2.45, 2.75) is 117 Å². The minimum absolute atomic E-state index is 0.0276. The Bertz CT molecular complexity index is 2040. The SMILES string of the molecule is C/C(I)=C\[C@H](C)[C@H](O[Si](C)(C)C(C)(C)C)c1ccc(OCc2ccc(COc3ccc([C@@H](O[Si](C)(C)C)[C@@H](C)C(=O)N4C(=O)OC[C@@H]4Cc4ccccc4)cc3)cc2)cc1. The van der Waals surface area contributed by atoms with Crippen LogP contribution in [0.2, 0.25) is 37.8 Å². The molecule has 322 valence electrons. The van der Waals surface area contributed by atoms with E-state index in [4.69, 9.17) is 23.1 Å². The number of halogens is 1. The highest BCUT2D eigenvalue weighted by Gasteiger charge is 2.43. The molecule has 0 spiro atoms. The van der Waals surface area contributed by atoms with E-state index in [-0.39, 0.29) is 35.6 Å². The van der Waals surface area contributed by atoms with Crippen LogP contribution >= 0.6 is 22.6 Å². The Balaban J connectivity index is 1.17. The second-order valence-electron chi connectivity index (χ2n) is 18.5. The molecular weight excluding hydrogens is 898 g/mol. The van der Waals surface area contributed by atoms with Crippen molar-refractivity contribution in [3.05, 3.63) is 141 Å². The lowest BCUT2D eigenvalue weighted by atomic mass is 9.95. The topological polar surface area (TPSA) is 83.5 Å². The molecule has 1 fully saturated rings. The summed E-state index contributed by atoms with van der Waals surface area (Å²) in [4.78, 5) is 28.1. The number of carbonyl (C=O) groups is 2. The smallest absolute Gasteiger partial charge is 0.416 e. The van der Waals surface area contributed by atoms with E-state index < -0.39 is 34.7 Å². The molecule has 0 radical (unpaired) electrons. The van der Waals surface area contributed by atoms with Crippen LogP contribution in [0.15, 0.2) is 113 Å². The first-order chi connectivity index (χ1) is 28.2. The third kappa shape index (κ3) is 13.1. The Labute approximate surface area is 374 Å². The highest BCUT2D eigenvalue weighted by molar-refractivity contribution is 14.1. The standard InChI is InChI=1S/C49H64INO7Si2/c1-34(29-35(2)50)45(58-60(10,11)49(4,5)6)40-21-25-43(26-22-40)54-31-38-17-19-39(20-18-38)32-55-44-27-23-41(24-28-44)46(57-59(7,8)9)36(3)47(52)51-42(33-56-48(51)53)30-37-15-13-12-14-16-37/h12-29,34,36,42,45-46H,30-33H2,1-11H3/b35-29+/t34-,36+,42-,45-,46-/m0/s1. The van der Waals surface area contributed by atoms with Gasteiger partial charge in [-0.25, -0.2) is 9.69 Å². The van der Waals surface area contributed by atoms with Crippen LogP contribution in [0.4, 0.5) is 4.79 Å². The minimum Gasteiger partial charge on any atom is -0.489 e. The summed E-state index contributed by atoms with van der Waals surface area (Å²) in [7, 11) is -4.11. The van der Waals surface area contributed by atoms with Crippen molar-refractivity contribution in [2.75, 3.05) is 6.61 Å². The number of cyclic esters (lactones) is 1. The maximum atomic E-state index is 14.0. The van der Waals surface area contributed by atoms with E-state index in [2.05, 4.69) is 132 Å². The fourth-order valence-electron chi connectivity index (χ4n) is 6.95. The van der Waals surface area contributed by atoms with Crippen LogP contribution in [0.5, 0.6) is 11.5 Å². The van der Waals surface area contributed by atoms with Crippen LogP contribution < -0.4 is 9.47 Å². The van der Waals surface area contributed by atoms with Gasteiger partial charge >= 0.3 is 6.09 Å². The lowest BCUT2D eigenvalue weighted by molar-refractivity contribution is -0.136. The quantitative estimate of drug-likeness (QED) is 0.0725. The maximum absolute atomic E-state index is 14.0. The van der Waals surface area contributed by atoms with E-state index >= 15 is 0 Å². The van der Waals surface area contributed by atoms with E-state index in [0.29, 0.717) is 25.4 Å². The Morgan fingerprint density at radius 1 is 0.767 bits per heavy atom. The molecular formula is C49H64INO7Si2. The van der Waals surface area contributed by atoms with Crippen LogP contribution in [-0.4, -0.2) is 46.2 Å². The summed E-state index contributed by atoms with van der Waals surface area (Å²) < 4.78 is 32.6. The molecule has 11 heteroatoms. The van der Waals surface area contributed by atoms with Gasteiger partial charge in [0, 0.05) is 5.92 Å². The highest BCUT2D eigenvalue weighted by atomic mass is 127. The van der Waals surface area contributed by atoms with Gasteiger partial charge in [0.25, 0.3) is 0 Å². The fourth-order valence-corrected chi connectivity index (χ4v) is 9.96. The molecule has 4 aromatic rings. The molecule has 1 aliphatic rings. The molecule has 60 heavy (non-hydrogen) atoms. The Morgan fingerprint density at radius 3 is 1.73 bits per heavy atom. The van der Waals surface area contributed by atoms with Crippen LogP contribution in [-0.2, 0) is 38.0 Å². The zero-order valence-corrected chi connectivity index (χ0v) is 41.4. The lowest BCUT2D eigenvalue weighted by Crippen LogP contribution is -2.45. The third-order valence-electron chi connectivity index (χ3n) is 11.3. The van der Waals surface area contributed by atoms with Gasteiger partial charge in [-0.1, -0.05) is 120 Å². The first-order valence-electron chi connectivity index (χ1n) is 21.0. The van der Waals surface area contributed by atoms with Crippen molar-refractivity contribution in [3.63, 3.8) is 0 Å². The van der Waals surface area contributed by atoms with Gasteiger partial charge in [-0.15, -0.1) is 0 Å². The van der Waals surface area contributed by atoms with Crippen molar-refractivity contribution in [1.29, 1.82) is 0 Å². The molecule has 5 atom stereocenters. The van der Waals surface area contributed by atoms with Crippen molar-refractivity contribution >= 4 is 51.2 Å². The molecule has 1 aliphatic heterocycles. The number of ether oxygens (including phenoxy) is 3. The summed E-state index contributed by atoms with van der Waals surface area (Å²) in [5.41, 5.74) is 5.16. The number of hydrogen-bond acceptors (Lipinski definition) is 7. The molecule has 8 nitrogen and oxygen atoms in total. The van der Waals surface area contributed by atoms with Crippen molar-refractivity contribution in [2.24, 2.45) is 11.8 Å². The molecule has 0 aliphatic carbocycles. The van der Waals surface area contributed by atoms with Crippen LogP contribution in [0.25, 0.3) is 0 Å². The molecule has 5 rings (SSSR count). The van der Waals surface area contributed by atoms with Crippen molar-refractivity contribution in [1.82, 2.24) is 4.90 Å². The van der Waals surface area contributed by atoms with E-state index in [1.807, 2.05) is 73.7 Å². The minimum atomic E-state index is -2.11. The molecule has 0 aromatic heterocycles. The zero-order valence-electron chi connectivity index (χ0n) is 37.3. The van der Waals surface area contributed by atoms with Gasteiger partial charge in [-0.2, -0.15) is 0 Å². The molecule has 1 saturated heterocycles. The van der Waals surface area contributed by atoms with E-state index in [1.54, 1.807) is 0 Å². The first kappa shape index (κ1) is 47.3. The van der Waals surface area contributed by atoms with Gasteiger partial charge in [0.15, 0.2) is 16.6 Å². The normalized spacial score (nSPS) is 17.1. The largest absolute Gasteiger partial charge is 0.489 e. The predicted molar refractivity (Wildman–Crippen MR) is 254 cm³/mol. The fraction of sp³-hybridized carbons (Fsp3) is 0.429. The highest BCUT2D eigenvalue weighted by Crippen LogP contribution is 2.42. The Kier molecular flexibility index (Phi) is 16.1. The van der Waals surface area contributed by atoms with Crippen LogP contribution in [0.1, 0.15) is 81.6 Å². The van der Waals surface area contributed by atoms with E-state index in [1.165, 1.54) is 8.48 Å². The van der Waals surface area contributed by atoms with Crippen molar-refractivity contribution < 1.29 is 32.7 Å². The van der Waals surface area contributed by atoms with E-state index in [9.17, 15) is 9.59 Å². The van der Waals surface area contributed by atoms with Gasteiger partial charge in [-0.3, -0.25) is 4.79 Å². The molecule has 0 saturated carbocycles. The van der Waals surface area contributed by atoms with E-state index in [0.717, 1.165) is 33.6 Å². The Morgan fingerprint density at radius 2 is 1.27 bits per heavy atom. The molecule has 0 N–H and O–H groups in total. The second-order valence-corrected chi connectivity index (χ2v) is 29.4. The molecule has 0 unspecified atom stereocenters. The van der Waals surface area contributed by atoms with Gasteiger partial charge < -0.3 is 23.1 Å². The van der Waals surface area contributed by atoms with Crippen LogP contribution in [0, 0.1) is 11.8 Å². The summed E-state index contributed by atoms with van der Waals surface area (Å²) in [5.74, 6) is 0.847. The average Bonchev–Trinajstić information content (AvgIpc) is 3.56. The third-order valence-corrected chi connectivity index (χ3v) is 17.1. The van der Waals surface area contributed by atoms with Crippen LogP contribution in [0.3, 0.4) is 0 Å². The number of carbonyl (C=O) groups excluding carboxylic acids is 2. The molecule has 2 amide bonds. The molecule has 0 bridgehead atoms. The number of hydrogen-bond donors (Lipinski definition) is 0. The average molecular weight is 962 g/mol. The summed E-state index contributed by atoms with van der Waals surface area (Å²) in [6.45, 7) is 25.0. The summed E-state index contributed by atoms with van der Waals surface area (Å²) in [5, 5.41) is 0.114. The summed E-state index contributed by atoms with van der Waals surface area (Å²) >= 11 is 2.38. The molecule has 4 aromatic carbocycles. The second kappa shape index (κ2) is 20.4. The lowest BCUT2D eigenvalue weighted by Gasteiger charge is -2.40. The van der Waals surface area contributed by atoms with Gasteiger partial charge in [0.1, 0.15) is 31.3 Å². The number of benzene rings is 4. The number of allylic oxidation sites excluding steroid dienone is 1. The zero-order chi connectivity index (χ0) is 43.8. The van der Waals surface area contributed by atoms with Crippen molar-refractivity contribution in [3.8, 4) is 11.5 Å². The number of rotatable bonds is 18. The van der Waals surface area contributed by atoms with Gasteiger partial charge in [-0.05, 0) is 129 Å². The predicted octanol–water partition coefficient (Wildman–Crippen LogP) is 13.0. The number of nitrogens with zero attached hydrogens (tertiary/aromatic N) is 1. The summed E-state index contributed by atoms with van der Waals surface area (Å²) in [6, 6.07) is 33.8. The Hall–Kier alpha value is -3.76. The number of amides is 2. The molecule has 1 heterocycles. The van der Waals surface area contributed by atoms with Gasteiger partial charge in [0.05, 0.1) is 24.2 Å². The number of imide groups is 1. The first-order valence-corrected chi connectivity index (χ1v) is 28.4. The van der Waals surface area contributed by atoms with Gasteiger partial charge in [0.2, 0.25) is 5.91 Å². The summed E-state index contributed by atoms with van der Waals surface area (Å²) in [6.07, 6.45) is 1.66.